The van der Waals surface area contributed by atoms with Crippen LogP contribution in [0.1, 0.15) is 42.3 Å². The second-order valence-electron chi connectivity index (χ2n) is 6.99. The van der Waals surface area contributed by atoms with E-state index in [1.807, 2.05) is 40.6 Å². The van der Waals surface area contributed by atoms with E-state index in [1.54, 1.807) is 6.20 Å². The van der Waals surface area contributed by atoms with Crippen molar-refractivity contribution < 1.29 is 4.79 Å². The van der Waals surface area contributed by atoms with Crippen molar-refractivity contribution in [2.75, 3.05) is 0 Å². The van der Waals surface area contributed by atoms with Gasteiger partial charge in [-0.2, -0.15) is 10.2 Å². The maximum absolute atomic E-state index is 12.9. The first-order valence-electron chi connectivity index (χ1n) is 8.83. The van der Waals surface area contributed by atoms with Crippen molar-refractivity contribution in [2.45, 2.75) is 51.2 Å². The number of hydrogen-bond acceptors (Lipinski definition) is 4. The van der Waals surface area contributed by atoms with Crippen LogP contribution in [-0.4, -0.2) is 41.2 Å². The number of fused-ring (bicyclic) bond motifs is 6. The molecule has 2 bridgehead atoms. The summed E-state index contributed by atoms with van der Waals surface area (Å²) < 4.78 is 3.79. The van der Waals surface area contributed by atoms with Gasteiger partial charge in [0.1, 0.15) is 0 Å². The molecule has 2 atom stereocenters. The first kappa shape index (κ1) is 14.6. The summed E-state index contributed by atoms with van der Waals surface area (Å²) in [4.78, 5) is 19.5. The molecule has 0 aromatic carbocycles. The quantitative estimate of drug-likeness (QED) is 0.733. The van der Waals surface area contributed by atoms with Crippen LogP contribution in [0.5, 0.6) is 0 Å². The minimum Gasteiger partial charge on any atom is -0.332 e. The summed E-state index contributed by atoms with van der Waals surface area (Å²) in [5.74, 6) is 0.213. The molecule has 1 amide bonds. The SMILES string of the molecule is Cc1cc2ncc3c(n2n1)C[C@@H]1CC[C@@H]3N1C(=O)CCn1cccn1. The Morgan fingerprint density at radius 1 is 1.36 bits per heavy atom. The van der Waals surface area contributed by atoms with E-state index in [0.717, 1.165) is 36.2 Å². The lowest BCUT2D eigenvalue weighted by Gasteiger charge is -2.36. The first-order chi connectivity index (χ1) is 12.2. The molecule has 7 heteroatoms. The molecule has 0 aliphatic carbocycles. The van der Waals surface area contributed by atoms with Gasteiger partial charge in [-0.05, 0) is 25.8 Å². The van der Waals surface area contributed by atoms with E-state index in [1.165, 1.54) is 5.69 Å². The summed E-state index contributed by atoms with van der Waals surface area (Å²) >= 11 is 0. The topological polar surface area (TPSA) is 68.3 Å². The molecule has 5 rings (SSSR count). The molecular weight excluding hydrogens is 316 g/mol. The van der Waals surface area contributed by atoms with Gasteiger partial charge in [-0.15, -0.1) is 0 Å². The maximum atomic E-state index is 12.9. The number of aromatic nitrogens is 5. The largest absolute Gasteiger partial charge is 0.332 e. The number of rotatable bonds is 3. The Balaban J connectivity index is 1.45. The van der Waals surface area contributed by atoms with Crippen LogP contribution in [0.15, 0.2) is 30.7 Å². The molecule has 3 aromatic heterocycles. The molecular formula is C18H20N6O. The summed E-state index contributed by atoms with van der Waals surface area (Å²) in [5, 5.41) is 8.79. The number of aryl methyl sites for hydroxylation is 2. The molecule has 0 radical (unpaired) electrons. The normalized spacial score (nSPS) is 21.7. The molecule has 0 unspecified atom stereocenters. The van der Waals surface area contributed by atoms with Crippen LogP contribution < -0.4 is 0 Å². The zero-order valence-corrected chi connectivity index (χ0v) is 14.2. The van der Waals surface area contributed by atoms with Crippen LogP contribution in [0.25, 0.3) is 5.65 Å². The minimum absolute atomic E-state index is 0.139. The summed E-state index contributed by atoms with van der Waals surface area (Å²) in [6.07, 6.45) is 9.00. The average molecular weight is 336 g/mol. The smallest absolute Gasteiger partial charge is 0.225 e. The summed E-state index contributed by atoms with van der Waals surface area (Å²) in [7, 11) is 0. The van der Waals surface area contributed by atoms with E-state index in [0.29, 0.717) is 13.0 Å². The molecule has 128 valence electrons. The Kier molecular flexibility index (Phi) is 3.16. The fourth-order valence-electron chi connectivity index (χ4n) is 4.35. The number of hydrogen-bond donors (Lipinski definition) is 0. The summed E-state index contributed by atoms with van der Waals surface area (Å²) in [5.41, 5.74) is 4.26. The molecule has 5 heterocycles. The zero-order chi connectivity index (χ0) is 17.0. The molecule has 0 spiro atoms. The Morgan fingerprint density at radius 3 is 3.12 bits per heavy atom. The van der Waals surface area contributed by atoms with E-state index in [2.05, 4.69) is 20.1 Å². The van der Waals surface area contributed by atoms with Crippen molar-refractivity contribution in [1.82, 2.24) is 29.3 Å². The van der Waals surface area contributed by atoms with Gasteiger partial charge in [0, 0.05) is 55.6 Å². The second kappa shape index (κ2) is 5.40. The Morgan fingerprint density at radius 2 is 2.28 bits per heavy atom. The van der Waals surface area contributed by atoms with Crippen molar-refractivity contribution in [2.24, 2.45) is 0 Å². The second-order valence-corrected chi connectivity index (χ2v) is 6.99. The third-order valence-electron chi connectivity index (χ3n) is 5.43. The molecule has 1 fully saturated rings. The van der Waals surface area contributed by atoms with Gasteiger partial charge >= 0.3 is 0 Å². The van der Waals surface area contributed by atoms with Gasteiger partial charge in [-0.1, -0.05) is 0 Å². The van der Waals surface area contributed by atoms with Gasteiger partial charge in [0.05, 0.1) is 17.4 Å². The molecule has 0 saturated carbocycles. The summed E-state index contributed by atoms with van der Waals surface area (Å²) in [6.45, 7) is 2.62. The molecule has 25 heavy (non-hydrogen) atoms. The Bertz CT molecular complexity index is 944. The van der Waals surface area contributed by atoms with Gasteiger partial charge in [0.15, 0.2) is 5.65 Å². The van der Waals surface area contributed by atoms with E-state index in [9.17, 15) is 4.79 Å². The van der Waals surface area contributed by atoms with Crippen molar-refractivity contribution in [3.05, 3.63) is 47.7 Å². The highest BCUT2D eigenvalue weighted by Crippen LogP contribution is 2.43. The first-order valence-corrected chi connectivity index (χ1v) is 8.83. The lowest BCUT2D eigenvalue weighted by Crippen LogP contribution is -2.43. The van der Waals surface area contributed by atoms with E-state index in [-0.39, 0.29) is 18.0 Å². The van der Waals surface area contributed by atoms with Crippen molar-refractivity contribution >= 4 is 11.6 Å². The van der Waals surface area contributed by atoms with Crippen molar-refractivity contribution in [3.63, 3.8) is 0 Å². The highest BCUT2D eigenvalue weighted by Gasteiger charge is 2.43. The van der Waals surface area contributed by atoms with Crippen LogP contribution >= 0.6 is 0 Å². The number of amides is 1. The summed E-state index contributed by atoms with van der Waals surface area (Å²) in [6, 6.07) is 4.30. The molecule has 0 N–H and O–H groups in total. The van der Waals surface area contributed by atoms with Gasteiger partial charge in [-0.25, -0.2) is 9.50 Å². The molecule has 7 nitrogen and oxygen atoms in total. The molecule has 3 aromatic rings. The third-order valence-corrected chi connectivity index (χ3v) is 5.43. The fourth-order valence-corrected chi connectivity index (χ4v) is 4.35. The highest BCUT2D eigenvalue weighted by atomic mass is 16.2. The van der Waals surface area contributed by atoms with Gasteiger partial charge in [0.25, 0.3) is 0 Å². The molecule has 2 aliphatic rings. The van der Waals surface area contributed by atoms with Crippen LogP contribution in [0.3, 0.4) is 0 Å². The maximum Gasteiger partial charge on any atom is 0.225 e. The van der Waals surface area contributed by atoms with Crippen LogP contribution in [-0.2, 0) is 17.8 Å². The fraction of sp³-hybridized carbons (Fsp3) is 0.444. The van der Waals surface area contributed by atoms with Crippen LogP contribution in [0.4, 0.5) is 0 Å². The average Bonchev–Trinajstić information content (AvgIpc) is 3.31. The Hall–Kier alpha value is -2.70. The zero-order valence-electron chi connectivity index (χ0n) is 14.2. The number of nitrogens with zero attached hydrogens (tertiary/aromatic N) is 6. The number of carbonyl (C=O) groups excluding carboxylic acids is 1. The van der Waals surface area contributed by atoms with Gasteiger partial charge < -0.3 is 4.90 Å². The Labute approximate surface area is 145 Å². The van der Waals surface area contributed by atoms with Gasteiger partial charge in [-0.3, -0.25) is 9.48 Å². The number of carbonyl (C=O) groups is 1. The van der Waals surface area contributed by atoms with E-state index in [4.69, 9.17) is 0 Å². The van der Waals surface area contributed by atoms with E-state index < -0.39 is 0 Å². The minimum atomic E-state index is 0.139. The van der Waals surface area contributed by atoms with Crippen molar-refractivity contribution in [1.29, 1.82) is 0 Å². The van der Waals surface area contributed by atoms with Crippen LogP contribution in [0.2, 0.25) is 0 Å². The van der Waals surface area contributed by atoms with Crippen LogP contribution in [0, 0.1) is 6.92 Å². The van der Waals surface area contributed by atoms with Crippen molar-refractivity contribution in [3.8, 4) is 0 Å². The van der Waals surface area contributed by atoms with Gasteiger partial charge in [0.2, 0.25) is 5.91 Å². The lowest BCUT2D eigenvalue weighted by atomic mass is 9.98. The third kappa shape index (κ3) is 2.26. The monoisotopic (exact) mass is 336 g/mol. The molecule has 1 saturated heterocycles. The predicted molar refractivity (Wildman–Crippen MR) is 90.9 cm³/mol. The standard InChI is InChI=1S/C18H20N6O/c1-12-9-17-19-11-14-15-4-3-13(10-16(14)24(17)21-12)23(15)18(25)5-8-22-7-2-6-20-22/h2,6-7,9,11,13,15H,3-5,8,10H2,1H3/t13-,15-/m0/s1. The lowest BCUT2D eigenvalue weighted by molar-refractivity contribution is -0.135. The highest BCUT2D eigenvalue weighted by molar-refractivity contribution is 5.78. The van der Waals surface area contributed by atoms with E-state index >= 15 is 0 Å². The molecule has 2 aliphatic heterocycles. The predicted octanol–water partition coefficient (Wildman–Crippen LogP) is 1.91.